The van der Waals surface area contributed by atoms with Gasteiger partial charge in [-0.3, -0.25) is 5.10 Å². The molecule has 1 aromatic heterocycles. The number of benzene rings is 1. The summed E-state index contributed by atoms with van der Waals surface area (Å²) in [4.78, 5) is 4.67. The molecular weight excluding hydrogens is 308 g/mol. The van der Waals surface area contributed by atoms with Crippen LogP contribution in [0.4, 0.5) is 5.82 Å². The van der Waals surface area contributed by atoms with Gasteiger partial charge >= 0.3 is 0 Å². The Kier molecular flexibility index (Phi) is 4.49. The van der Waals surface area contributed by atoms with Crippen molar-refractivity contribution in [3.63, 3.8) is 0 Å². The van der Waals surface area contributed by atoms with Crippen LogP contribution in [0.5, 0.6) is 0 Å². The minimum atomic E-state index is -0.301. The highest BCUT2D eigenvalue weighted by molar-refractivity contribution is 6.31. The predicted molar refractivity (Wildman–Crippen MR) is 92.4 cm³/mol. The molecule has 1 aliphatic heterocycles. The topological polar surface area (TPSA) is 64.8 Å². The summed E-state index contributed by atoms with van der Waals surface area (Å²) >= 11 is 6.45. The molecule has 1 aromatic carbocycles. The normalized spacial score (nSPS) is 19.8. The third-order valence-electron chi connectivity index (χ3n) is 4.35. The molecule has 2 aromatic rings. The van der Waals surface area contributed by atoms with Crippen LogP contribution in [0.1, 0.15) is 49.4 Å². The Morgan fingerprint density at radius 1 is 1.30 bits per heavy atom. The van der Waals surface area contributed by atoms with Gasteiger partial charge in [0.05, 0.1) is 12.0 Å². The van der Waals surface area contributed by atoms with Crippen molar-refractivity contribution in [2.45, 2.75) is 39.0 Å². The molecule has 2 heterocycles. The van der Waals surface area contributed by atoms with E-state index in [2.05, 4.69) is 35.1 Å². The van der Waals surface area contributed by atoms with Crippen LogP contribution < -0.4 is 0 Å². The van der Waals surface area contributed by atoms with Crippen LogP contribution >= 0.6 is 11.6 Å². The number of nitrogens with one attached hydrogen (secondary N) is 1. The van der Waals surface area contributed by atoms with Crippen LogP contribution in [-0.2, 0) is 6.42 Å². The van der Waals surface area contributed by atoms with Crippen LogP contribution in [0.25, 0.3) is 0 Å². The number of H-pyrrole nitrogens is 1. The highest BCUT2D eigenvalue weighted by atomic mass is 35.5. The maximum Gasteiger partial charge on any atom is 0.177 e. The Balaban J connectivity index is 2.23. The maximum atomic E-state index is 9.83. The van der Waals surface area contributed by atoms with Crippen molar-refractivity contribution in [1.82, 2.24) is 10.2 Å². The molecule has 4 nitrogen and oxygen atoms in total. The van der Waals surface area contributed by atoms with Crippen molar-refractivity contribution in [3.8, 4) is 6.07 Å². The van der Waals surface area contributed by atoms with Crippen LogP contribution in [0.15, 0.2) is 29.3 Å². The zero-order valence-electron chi connectivity index (χ0n) is 13.3. The monoisotopic (exact) mass is 326 g/mol. The van der Waals surface area contributed by atoms with E-state index in [1.165, 1.54) is 0 Å². The molecular formula is C18H19ClN4. The van der Waals surface area contributed by atoms with Crippen LogP contribution in [0.3, 0.4) is 0 Å². The van der Waals surface area contributed by atoms with Crippen molar-refractivity contribution in [2.75, 3.05) is 0 Å². The van der Waals surface area contributed by atoms with Crippen molar-refractivity contribution >= 4 is 23.1 Å². The van der Waals surface area contributed by atoms with E-state index in [-0.39, 0.29) is 11.8 Å². The largest absolute Gasteiger partial charge is 0.280 e. The van der Waals surface area contributed by atoms with Gasteiger partial charge in [-0.15, -0.1) is 0 Å². The summed E-state index contributed by atoms with van der Waals surface area (Å²) < 4.78 is 0. The highest BCUT2D eigenvalue weighted by Gasteiger charge is 2.38. The lowest BCUT2D eigenvalue weighted by Crippen LogP contribution is -2.26. The number of nitrogens with zero attached hydrogens (tertiary/aromatic N) is 3. The van der Waals surface area contributed by atoms with Gasteiger partial charge in [0, 0.05) is 27.9 Å². The lowest BCUT2D eigenvalue weighted by atomic mass is 9.76. The van der Waals surface area contributed by atoms with E-state index >= 15 is 0 Å². The van der Waals surface area contributed by atoms with Crippen molar-refractivity contribution in [3.05, 3.63) is 46.1 Å². The van der Waals surface area contributed by atoms with Gasteiger partial charge in [-0.05, 0) is 24.5 Å². The number of hydrogen-bond acceptors (Lipinski definition) is 3. The number of hydrogen-bond donors (Lipinski definition) is 1. The number of fused-ring (bicyclic) bond motifs is 1. The van der Waals surface area contributed by atoms with Gasteiger partial charge in [-0.2, -0.15) is 10.4 Å². The number of aromatic amines is 1. The fraction of sp³-hybridized carbons (Fsp3) is 0.389. The van der Waals surface area contributed by atoms with Crippen molar-refractivity contribution in [2.24, 2.45) is 10.9 Å². The molecule has 0 saturated carbocycles. The molecule has 1 N–H and O–H groups in total. The number of nitriles is 1. The average Bonchev–Trinajstić information content (AvgIpc) is 2.97. The minimum absolute atomic E-state index is 0.114. The second kappa shape index (κ2) is 6.55. The summed E-state index contributed by atoms with van der Waals surface area (Å²) in [6.45, 7) is 4.17. The number of rotatable bonds is 4. The van der Waals surface area contributed by atoms with Gasteiger partial charge in [0.2, 0.25) is 0 Å². The Hall–Kier alpha value is -2.12. The molecule has 0 spiro atoms. The number of aliphatic imine (C=N–C) groups is 1. The van der Waals surface area contributed by atoms with Crippen LogP contribution in [0.2, 0.25) is 5.02 Å². The molecule has 23 heavy (non-hydrogen) atoms. The molecule has 0 radical (unpaired) electrons. The van der Waals surface area contributed by atoms with E-state index in [1.54, 1.807) is 0 Å². The zero-order valence-corrected chi connectivity index (χ0v) is 14.1. The first-order valence-corrected chi connectivity index (χ1v) is 8.37. The van der Waals surface area contributed by atoms with Gasteiger partial charge in [-0.25, -0.2) is 4.99 Å². The summed E-state index contributed by atoms with van der Waals surface area (Å²) in [6.07, 6.45) is 2.57. The first-order chi connectivity index (χ1) is 11.2. The zero-order chi connectivity index (χ0) is 16.4. The Morgan fingerprint density at radius 2 is 2.09 bits per heavy atom. The third kappa shape index (κ3) is 2.66. The van der Waals surface area contributed by atoms with Crippen LogP contribution in [-0.4, -0.2) is 15.9 Å². The second-order valence-electron chi connectivity index (χ2n) is 5.75. The van der Waals surface area contributed by atoms with Gasteiger partial charge in [0.1, 0.15) is 0 Å². The quantitative estimate of drug-likeness (QED) is 0.878. The Labute approximate surface area is 141 Å². The molecule has 2 unspecified atom stereocenters. The fourth-order valence-corrected chi connectivity index (χ4v) is 3.55. The van der Waals surface area contributed by atoms with Gasteiger partial charge < -0.3 is 0 Å². The summed E-state index contributed by atoms with van der Waals surface area (Å²) in [5.74, 6) is 0.295. The molecule has 0 aliphatic carbocycles. The number of aromatic nitrogens is 2. The Bertz CT molecular complexity index is 785. The molecule has 5 heteroatoms. The molecule has 2 atom stereocenters. The standard InChI is InChI=1S/C18H19ClN4/c1-3-7-15-12(10-20)16(11-8-5-6-9-13(11)19)17-14(4-2)22-23-18(17)21-15/h5-6,8-9,12,16H,3-4,7H2,1-2H3,(H,22,23). The van der Waals surface area contributed by atoms with E-state index in [9.17, 15) is 5.26 Å². The van der Waals surface area contributed by atoms with Gasteiger partial charge in [0.25, 0.3) is 0 Å². The molecule has 0 fully saturated rings. The van der Waals surface area contributed by atoms with Crippen LogP contribution in [0, 0.1) is 17.2 Å². The minimum Gasteiger partial charge on any atom is -0.280 e. The van der Waals surface area contributed by atoms with E-state index in [1.807, 2.05) is 24.3 Å². The van der Waals surface area contributed by atoms with E-state index in [0.29, 0.717) is 10.8 Å². The van der Waals surface area contributed by atoms with E-state index in [0.717, 1.165) is 41.8 Å². The molecule has 1 aliphatic rings. The number of halogens is 1. The molecule has 0 saturated heterocycles. The maximum absolute atomic E-state index is 9.83. The first kappa shape index (κ1) is 15.8. The van der Waals surface area contributed by atoms with E-state index in [4.69, 9.17) is 11.6 Å². The molecule has 3 rings (SSSR count). The molecule has 0 bridgehead atoms. The van der Waals surface area contributed by atoms with Crippen molar-refractivity contribution < 1.29 is 0 Å². The lowest BCUT2D eigenvalue weighted by molar-refractivity contribution is 0.692. The van der Waals surface area contributed by atoms with Gasteiger partial charge in [-0.1, -0.05) is 50.1 Å². The molecule has 118 valence electrons. The number of aryl methyl sites for hydroxylation is 1. The summed E-state index contributed by atoms with van der Waals surface area (Å²) in [5.41, 5.74) is 3.93. The SMILES string of the molecule is CCCC1=Nc2n[nH]c(CC)c2C(c2ccccc2Cl)C1C#N. The smallest absolute Gasteiger partial charge is 0.177 e. The van der Waals surface area contributed by atoms with E-state index < -0.39 is 0 Å². The van der Waals surface area contributed by atoms with Crippen molar-refractivity contribution in [1.29, 1.82) is 5.26 Å². The summed E-state index contributed by atoms with van der Waals surface area (Å²) in [6, 6.07) is 10.2. The predicted octanol–water partition coefficient (Wildman–Crippen LogP) is 4.78. The average molecular weight is 327 g/mol. The summed E-state index contributed by atoms with van der Waals surface area (Å²) in [7, 11) is 0. The third-order valence-corrected chi connectivity index (χ3v) is 4.70. The Morgan fingerprint density at radius 3 is 2.74 bits per heavy atom. The van der Waals surface area contributed by atoms with Gasteiger partial charge in [0.15, 0.2) is 5.82 Å². The molecule has 0 amide bonds. The highest BCUT2D eigenvalue weighted by Crippen LogP contribution is 2.45. The summed E-state index contributed by atoms with van der Waals surface area (Å²) in [5, 5.41) is 18.0. The second-order valence-corrected chi connectivity index (χ2v) is 6.16. The lowest BCUT2D eigenvalue weighted by Gasteiger charge is -2.28. The first-order valence-electron chi connectivity index (χ1n) is 7.99. The fourth-order valence-electron chi connectivity index (χ4n) is 3.30.